The fourth-order valence-corrected chi connectivity index (χ4v) is 3.08. The number of hydrogen-bond donors (Lipinski definition) is 1. The fraction of sp³-hybridized carbons (Fsp3) is 0.500. The Kier molecular flexibility index (Phi) is 4.32. The Labute approximate surface area is 122 Å². The molecule has 20 heavy (non-hydrogen) atoms. The van der Waals surface area contributed by atoms with Gasteiger partial charge in [0.15, 0.2) is 5.16 Å². The monoisotopic (exact) mass is 293 g/mol. The predicted molar refractivity (Wildman–Crippen MR) is 80.1 cm³/mol. The number of carbonyl (C=O) groups is 1. The van der Waals surface area contributed by atoms with Crippen LogP contribution in [0.3, 0.4) is 0 Å². The molecule has 0 saturated heterocycles. The van der Waals surface area contributed by atoms with Crippen molar-refractivity contribution in [2.45, 2.75) is 44.3 Å². The lowest BCUT2D eigenvalue weighted by molar-refractivity contribution is -0.133. The van der Waals surface area contributed by atoms with E-state index in [0.29, 0.717) is 0 Å². The lowest BCUT2D eigenvalue weighted by Crippen LogP contribution is -2.29. The Morgan fingerprint density at radius 1 is 1.45 bits per heavy atom. The van der Waals surface area contributed by atoms with Crippen molar-refractivity contribution in [1.82, 2.24) is 14.5 Å². The number of nitrogens with zero attached hydrogens (tertiary/aromatic N) is 3. The highest BCUT2D eigenvalue weighted by atomic mass is 32.2. The van der Waals surface area contributed by atoms with Crippen molar-refractivity contribution in [3.63, 3.8) is 0 Å². The summed E-state index contributed by atoms with van der Waals surface area (Å²) >= 11 is 1.26. The molecule has 0 aliphatic rings. The van der Waals surface area contributed by atoms with Crippen LogP contribution in [0.2, 0.25) is 0 Å². The van der Waals surface area contributed by atoms with E-state index in [4.69, 9.17) is 5.11 Å². The molecule has 6 heteroatoms. The smallest absolute Gasteiger partial charge is 0.313 e. The molecule has 5 nitrogen and oxygen atoms in total. The van der Waals surface area contributed by atoms with Crippen LogP contribution in [-0.2, 0) is 10.3 Å². The van der Waals surface area contributed by atoms with Gasteiger partial charge in [0, 0.05) is 11.7 Å². The lowest BCUT2D eigenvalue weighted by atomic mass is 9.95. The topological polar surface area (TPSA) is 68.0 Å². The van der Waals surface area contributed by atoms with Gasteiger partial charge in [-0.2, -0.15) is 0 Å². The van der Waals surface area contributed by atoms with Crippen LogP contribution in [0.1, 0.15) is 33.6 Å². The van der Waals surface area contributed by atoms with Crippen LogP contribution in [0, 0.1) is 0 Å². The molecular weight excluding hydrogens is 274 g/mol. The van der Waals surface area contributed by atoms with Gasteiger partial charge in [-0.1, -0.05) is 25.6 Å². The zero-order chi connectivity index (χ0) is 14.8. The molecule has 108 valence electrons. The van der Waals surface area contributed by atoms with Gasteiger partial charge in [0.05, 0.1) is 17.5 Å². The minimum atomic E-state index is -0.832. The third-order valence-corrected chi connectivity index (χ3v) is 4.74. The molecular formula is C14H19N3O2S. The summed E-state index contributed by atoms with van der Waals surface area (Å²) in [6, 6.07) is 1.94. The maximum Gasteiger partial charge on any atom is 0.313 e. The molecule has 0 aromatic carbocycles. The standard InChI is InChI=1S/C14H19N3O2S/c1-4-14(3,5-2)17-11-6-7-15-8-10(11)16-13(17)20-9-12(18)19/h6-8H,4-5,9H2,1-3H3,(H,18,19). The molecule has 1 N–H and O–H groups in total. The van der Waals surface area contributed by atoms with Gasteiger partial charge < -0.3 is 9.67 Å². The van der Waals surface area contributed by atoms with Gasteiger partial charge in [-0.3, -0.25) is 9.78 Å². The number of aromatic nitrogens is 3. The van der Waals surface area contributed by atoms with Gasteiger partial charge >= 0.3 is 5.97 Å². The van der Waals surface area contributed by atoms with Crippen LogP contribution in [0.4, 0.5) is 0 Å². The number of rotatable bonds is 6. The molecule has 2 aromatic rings. The molecule has 0 spiro atoms. The largest absolute Gasteiger partial charge is 0.481 e. The van der Waals surface area contributed by atoms with Crippen LogP contribution in [0.5, 0.6) is 0 Å². The number of fused-ring (bicyclic) bond motifs is 1. The Morgan fingerprint density at radius 2 is 2.15 bits per heavy atom. The summed E-state index contributed by atoms with van der Waals surface area (Å²) in [4.78, 5) is 19.5. The normalized spacial score (nSPS) is 11.9. The Morgan fingerprint density at radius 3 is 2.75 bits per heavy atom. The van der Waals surface area contributed by atoms with Gasteiger partial charge in [0.2, 0.25) is 0 Å². The predicted octanol–water partition coefficient (Wildman–Crippen LogP) is 3.14. The van der Waals surface area contributed by atoms with E-state index in [9.17, 15) is 4.79 Å². The van der Waals surface area contributed by atoms with E-state index < -0.39 is 5.97 Å². The van der Waals surface area contributed by atoms with Crippen molar-refractivity contribution in [2.24, 2.45) is 0 Å². The van der Waals surface area contributed by atoms with E-state index in [-0.39, 0.29) is 11.3 Å². The van der Waals surface area contributed by atoms with Gasteiger partial charge in [0.1, 0.15) is 5.52 Å². The molecule has 0 saturated carbocycles. The Bertz CT molecular complexity index is 620. The van der Waals surface area contributed by atoms with E-state index in [0.717, 1.165) is 29.0 Å². The maximum absolute atomic E-state index is 10.8. The second-order valence-corrected chi connectivity index (χ2v) is 5.92. The highest BCUT2D eigenvalue weighted by Gasteiger charge is 2.27. The molecule has 2 aromatic heterocycles. The van der Waals surface area contributed by atoms with Crippen LogP contribution in [0.25, 0.3) is 11.0 Å². The summed E-state index contributed by atoms with van der Waals surface area (Å²) in [6.45, 7) is 6.46. The quantitative estimate of drug-likeness (QED) is 0.829. The molecule has 2 rings (SSSR count). The van der Waals surface area contributed by atoms with Gasteiger partial charge in [-0.25, -0.2) is 4.98 Å². The molecule has 2 heterocycles. The third-order valence-electron chi connectivity index (χ3n) is 3.81. The van der Waals surface area contributed by atoms with E-state index in [2.05, 4.69) is 35.3 Å². The number of hydrogen-bond acceptors (Lipinski definition) is 4. The van der Waals surface area contributed by atoms with Crippen LogP contribution < -0.4 is 0 Å². The molecule has 0 aliphatic heterocycles. The van der Waals surface area contributed by atoms with Gasteiger partial charge in [0.25, 0.3) is 0 Å². The number of pyridine rings is 1. The SMILES string of the molecule is CCC(C)(CC)n1c(SCC(=O)O)nc2cnccc21. The second kappa shape index (κ2) is 5.83. The second-order valence-electron chi connectivity index (χ2n) is 4.98. The minimum absolute atomic E-state index is 0.0141. The molecule has 0 bridgehead atoms. The van der Waals surface area contributed by atoms with Crippen molar-refractivity contribution in [3.05, 3.63) is 18.5 Å². The maximum atomic E-state index is 10.8. The highest BCUT2D eigenvalue weighted by molar-refractivity contribution is 7.99. The molecule has 0 radical (unpaired) electrons. The summed E-state index contributed by atoms with van der Waals surface area (Å²) in [6.07, 6.45) is 5.39. The summed E-state index contributed by atoms with van der Waals surface area (Å²) in [7, 11) is 0. The van der Waals surface area contributed by atoms with Gasteiger partial charge in [-0.15, -0.1) is 0 Å². The number of imidazole rings is 1. The van der Waals surface area contributed by atoms with E-state index >= 15 is 0 Å². The van der Waals surface area contributed by atoms with Gasteiger partial charge in [-0.05, 0) is 25.8 Å². The number of aliphatic carboxylic acids is 1. The summed E-state index contributed by atoms with van der Waals surface area (Å²) in [5.41, 5.74) is 1.75. The summed E-state index contributed by atoms with van der Waals surface area (Å²) < 4.78 is 2.16. The highest BCUT2D eigenvalue weighted by Crippen LogP contribution is 2.34. The Hall–Kier alpha value is -1.56. The first kappa shape index (κ1) is 14.8. The lowest BCUT2D eigenvalue weighted by Gasteiger charge is -2.31. The number of carboxylic acids is 1. The van der Waals surface area contributed by atoms with Crippen molar-refractivity contribution in [3.8, 4) is 0 Å². The molecule has 0 unspecified atom stereocenters. The third kappa shape index (κ3) is 2.65. The average molecular weight is 293 g/mol. The summed E-state index contributed by atoms with van der Waals surface area (Å²) in [5, 5.41) is 9.64. The Balaban J connectivity index is 2.58. The van der Waals surface area contributed by atoms with Crippen LogP contribution in [0.15, 0.2) is 23.6 Å². The molecule has 0 aliphatic carbocycles. The first-order chi connectivity index (χ1) is 9.51. The zero-order valence-electron chi connectivity index (χ0n) is 12.0. The fourth-order valence-electron chi connectivity index (χ4n) is 2.22. The van der Waals surface area contributed by atoms with E-state index in [1.165, 1.54) is 11.8 Å². The summed E-state index contributed by atoms with van der Waals surface area (Å²) in [5.74, 6) is -0.818. The first-order valence-corrected chi connectivity index (χ1v) is 7.68. The molecule has 0 amide bonds. The van der Waals surface area contributed by atoms with E-state index in [1.54, 1.807) is 12.4 Å². The van der Waals surface area contributed by atoms with Crippen molar-refractivity contribution in [1.29, 1.82) is 0 Å². The van der Waals surface area contributed by atoms with E-state index in [1.807, 2.05) is 6.07 Å². The van der Waals surface area contributed by atoms with Crippen molar-refractivity contribution >= 4 is 28.8 Å². The number of carboxylic acid groups (broad SMARTS) is 1. The average Bonchev–Trinajstić information content (AvgIpc) is 2.83. The molecule has 0 fully saturated rings. The van der Waals surface area contributed by atoms with Crippen LogP contribution >= 0.6 is 11.8 Å². The molecule has 0 atom stereocenters. The number of thioether (sulfide) groups is 1. The first-order valence-electron chi connectivity index (χ1n) is 6.69. The van der Waals surface area contributed by atoms with Crippen LogP contribution in [-0.4, -0.2) is 31.4 Å². The minimum Gasteiger partial charge on any atom is -0.481 e. The van der Waals surface area contributed by atoms with Crippen molar-refractivity contribution < 1.29 is 9.90 Å². The zero-order valence-corrected chi connectivity index (χ0v) is 12.8. The van der Waals surface area contributed by atoms with Crippen molar-refractivity contribution in [2.75, 3.05) is 5.75 Å².